The Kier molecular flexibility index (Phi) is 6.76. The van der Waals surface area contributed by atoms with Crippen molar-refractivity contribution < 1.29 is 19.1 Å². The number of fused-ring (bicyclic) bond motifs is 1. The van der Waals surface area contributed by atoms with Crippen LogP contribution in [0.4, 0.5) is 16.2 Å². The van der Waals surface area contributed by atoms with E-state index in [1.54, 1.807) is 24.0 Å². The van der Waals surface area contributed by atoms with Crippen molar-refractivity contribution in [1.29, 1.82) is 0 Å². The number of esters is 1. The fourth-order valence-corrected chi connectivity index (χ4v) is 2.67. The molecule has 3 N–H and O–H groups in total. The van der Waals surface area contributed by atoms with Crippen molar-refractivity contribution in [2.24, 2.45) is 0 Å². The normalized spacial score (nSPS) is 12.5. The van der Waals surface area contributed by atoms with Crippen LogP contribution in [0.1, 0.15) is 19.4 Å². The second kappa shape index (κ2) is 9.03. The van der Waals surface area contributed by atoms with E-state index < -0.39 is 12.0 Å². The molecule has 3 amide bonds. The highest BCUT2D eigenvalue weighted by atomic mass is 16.5. The maximum absolute atomic E-state index is 12.3. The summed E-state index contributed by atoms with van der Waals surface area (Å²) in [5, 5.41) is 8.21. The predicted octanol–water partition coefficient (Wildman–Crippen LogP) is 0.870. The van der Waals surface area contributed by atoms with E-state index >= 15 is 0 Å². The first-order chi connectivity index (χ1) is 12.1. The molecule has 136 valence electrons. The molecule has 0 spiro atoms. The molecule has 1 aromatic rings. The zero-order valence-electron chi connectivity index (χ0n) is 14.6. The topological polar surface area (TPSA) is 99.8 Å². The van der Waals surface area contributed by atoms with Gasteiger partial charge in [0.25, 0.3) is 0 Å². The van der Waals surface area contributed by atoms with Crippen LogP contribution in [-0.2, 0) is 20.7 Å². The van der Waals surface area contributed by atoms with Gasteiger partial charge in [0.05, 0.1) is 13.2 Å². The second-order valence-electron chi connectivity index (χ2n) is 5.49. The number of rotatable bonds is 7. The summed E-state index contributed by atoms with van der Waals surface area (Å²) in [5.41, 5.74) is 2.36. The molecule has 0 aromatic heterocycles. The lowest BCUT2D eigenvalue weighted by atomic mass is 10.1. The first-order valence-corrected chi connectivity index (χ1v) is 8.40. The Hall–Kier alpha value is -2.61. The molecule has 1 aliphatic rings. The fraction of sp³-hybridized carbons (Fsp3) is 0.471. The van der Waals surface area contributed by atoms with Crippen molar-refractivity contribution in [2.75, 3.05) is 43.0 Å². The van der Waals surface area contributed by atoms with Gasteiger partial charge >= 0.3 is 12.0 Å². The van der Waals surface area contributed by atoms with Crippen LogP contribution in [0.15, 0.2) is 18.2 Å². The first kappa shape index (κ1) is 18.7. The van der Waals surface area contributed by atoms with Gasteiger partial charge in [0.1, 0.15) is 6.54 Å². The molecule has 0 unspecified atom stereocenters. The van der Waals surface area contributed by atoms with Crippen LogP contribution in [0.25, 0.3) is 0 Å². The number of hydrogen-bond acceptors (Lipinski definition) is 5. The molecule has 0 saturated heterocycles. The third-order valence-electron chi connectivity index (χ3n) is 3.80. The van der Waals surface area contributed by atoms with Crippen LogP contribution in [0.5, 0.6) is 0 Å². The quantitative estimate of drug-likeness (QED) is 0.635. The van der Waals surface area contributed by atoms with E-state index in [0.717, 1.165) is 17.8 Å². The molecule has 0 fully saturated rings. The summed E-state index contributed by atoms with van der Waals surface area (Å²) in [4.78, 5) is 37.2. The fourth-order valence-electron chi connectivity index (χ4n) is 2.67. The van der Waals surface area contributed by atoms with Gasteiger partial charge in [0.2, 0.25) is 5.91 Å². The van der Waals surface area contributed by atoms with E-state index in [1.807, 2.05) is 13.0 Å². The third-order valence-corrected chi connectivity index (χ3v) is 3.80. The van der Waals surface area contributed by atoms with E-state index in [9.17, 15) is 14.4 Å². The third kappa shape index (κ3) is 4.93. The Bertz CT molecular complexity index is 648. The van der Waals surface area contributed by atoms with Gasteiger partial charge in [-0.15, -0.1) is 0 Å². The monoisotopic (exact) mass is 348 g/mol. The van der Waals surface area contributed by atoms with Crippen LogP contribution in [-0.4, -0.2) is 50.7 Å². The lowest BCUT2D eigenvalue weighted by molar-refractivity contribution is -0.141. The standard InChI is InChI=1S/C17H24N4O4/c1-3-18-10-15(22)21-9-8-12-13(6-5-7-14(12)21)20-17(24)19-11-16(23)25-4-2/h5-7,18H,3-4,8-11H2,1-2H3,(H2,19,20,24). The summed E-state index contributed by atoms with van der Waals surface area (Å²) >= 11 is 0. The molecule has 1 aliphatic heterocycles. The van der Waals surface area contributed by atoms with Gasteiger partial charge in [-0.05, 0) is 32.0 Å². The van der Waals surface area contributed by atoms with Gasteiger partial charge in [0, 0.05) is 23.5 Å². The van der Waals surface area contributed by atoms with Crippen molar-refractivity contribution in [2.45, 2.75) is 20.3 Å². The number of likely N-dealkylation sites (N-methyl/N-ethyl adjacent to an activating group) is 1. The van der Waals surface area contributed by atoms with E-state index in [-0.39, 0.29) is 25.6 Å². The van der Waals surface area contributed by atoms with Gasteiger partial charge < -0.3 is 25.6 Å². The summed E-state index contributed by atoms with van der Waals surface area (Å²) in [6, 6.07) is 4.95. The number of nitrogens with zero attached hydrogens (tertiary/aromatic N) is 1. The number of carbonyl (C=O) groups is 3. The van der Waals surface area contributed by atoms with E-state index in [4.69, 9.17) is 4.74 Å². The largest absolute Gasteiger partial charge is 0.465 e. The van der Waals surface area contributed by atoms with Gasteiger partial charge in [0.15, 0.2) is 0 Å². The molecule has 1 heterocycles. The molecule has 8 heteroatoms. The first-order valence-electron chi connectivity index (χ1n) is 8.40. The maximum atomic E-state index is 12.3. The highest BCUT2D eigenvalue weighted by Crippen LogP contribution is 2.33. The molecule has 25 heavy (non-hydrogen) atoms. The molecule has 8 nitrogen and oxygen atoms in total. The number of urea groups is 1. The Balaban J connectivity index is 2.00. The molecular formula is C17H24N4O4. The minimum absolute atomic E-state index is 0.00418. The lowest BCUT2D eigenvalue weighted by Gasteiger charge is -2.18. The number of ether oxygens (including phenoxy) is 1. The Morgan fingerprint density at radius 2 is 2.00 bits per heavy atom. The van der Waals surface area contributed by atoms with Gasteiger partial charge in [-0.2, -0.15) is 0 Å². The van der Waals surface area contributed by atoms with Gasteiger partial charge in [-0.25, -0.2) is 4.79 Å². The summed E-state index contributed by atoms with van der Waals surface area (Å²) in [7, 11) is 0. The number of hydrogen-bond donors (Lipinski definition) is 3. The van der Waals surface area contributed by atoms with Crippen LogP contribution >= 0.6 is 0 Å². The van der Waals surface area contributed by atoms with Crippen LogP contribution in [0.2, 0.25) is 0 Å². The van der Waals surface area contributed by atoms with Crippen molar-refractivity contribution in [1.82, 2.24) is 10.6 Å². The highest BCUT2D eigenvalue weighted by Gasteiger charge is 2.26. The summed E-state index contributed by atoms with van der Waals surface area (Å²) < 4.78 is 4.76. The predicted molar refractivity (Wildman–Crippen MR) is 94.7 cm³/mol. The van der Waals surface area contributed by atoms with Crippen molar-refractivity contribution in [3.63, 3.8) is 0 Å². The summed E-state index contributed by atoms with van der Waals surface area (Å²) in [6.07, 6.45) is 0.668. The van der Waals surface area contributed by atoms with Gasteiger partial charge in [-0.1, -0.05) is 13.0 Å². The molecule has 0 atom stereocenters. The zero-order chi connectivity index (χ0) is 18.2. The summed E-state index contributed by atoms with van der Waals surface area (Å²) in [6.45, 7) is 5.33. The maximum Gasteiger partial charge on any atom is 0.325 e. The summed E-state index contributed by atoms with van der Waals surface area (Å²) in [5.74, 6) is -0.486. The van der Waals surface area contributed by atoms with Gasteiger partial charge in [-0.3, -0.25) is 9.59 Å². The van der Waals surface area contributed by atoms with Crippen molar-refractivity contribution in [3.05, 3.63) is 23.8 Å². The minimum atomic E-state index is -0.490. The smallest absolute Gasteiger partial charge is 0.325 e. The Morgan fingerprint density at radius 1 is 1.20 bits per heavy atom. The average Bonchev–Trinajstić information content (AvgIpc) is 3.03. The number of anilines is 2. The number of amides is 3. The molecule has 0 saturated carbocycles. The zero-order valence-corrected chi connectivity index (χ0v) is 14.6. The van der Waals surface area contributed by atoms with E-state index in [0.29, 0.717) is 18.7 Å². The minimum Gasteiger partial charge on any atom is -0.465 e. The molecule has 2 rings (SSSR count). The van der Waals surface area contributed by atoms with Crippen LogP contribution in [0.3, 0.4) is 0 Å². The van der Waals surface area contributed by atoms with Crippen LogP contribution in [0, 0.1) is 0 Å². The highest BCUT2D eigenvalue weighted by molar-refractivity contribution is 5.99. The molecule has 1 aromatic carbocycles. The lowest BCUT2D eigenvalue weighted by Crippen LogP contribution is -2.37. The molecule has 0 aliphatic carbocycles. The van der Waals surface area contributed by atoms with Crippen molar-refractivity contribution >= 4 is 29.3 Å². The number of nitrogens with one attached hydrogen (secondary N) is 3. The van der Waals surface area contributed by atoms with E-state index in [1.165, 1.54) is 0 Å². The second-order valence-corrected chi connectivity index (χ2v) is 5.49. The van der Waals surface area contributed by atoms with E-state index in [2.05, 4.69) is 16.0 Å². The SMILES string of the molecule is CCNCC(=O)N1CCc2c(NC(=O)NCC(=O)OCC)cccc21. The molecular weight excluding hydrogens is 324 g/mol. The molecule has 0 radical (unpaired) electrons. The van der Waals surface area contributed by atoms with Crippen LogP contribution < -0.4 is 20.9 Å². The average molecular weight is 348 g/mol. The Morgan fingerprint density at radius 3 is 2.72 bits per heavy atom. The number of carbonyl (C=O) groups excluding carboxylic acids is 3. The molecule has 0 bridgehead atoms. The van der Waals surface area contributed by atoms with Crippen molar-refractivity contribution in [3.8, 4) is 0 Å². The Labute approximate surface area is 146 Å². The number of benzene rings is 1.